The van der Waals surface area contributed by atoms with Gasteiger partial charge in [0.25, 0.3) is 0 Å². The van der Waals surface area contributed by atoms with Crippen molar-refractivity contribution < 1.29 is 4.39 Å². The Labute approximate surface area is 125 Å². The predicted octanol–water partition coefficient (Wildman–Crippen LogP) is 2.73. The molecule has 0 amide bonds. The maximum Gasteiger partial charge on any atom is 0.145 e. The minimum atomic E-state index is -0.341. The van der Waals surface area contributed by atoms with Gasteiger partial charge in [-0.2, -0.15) is 0 Å². The van der Waals surface area contributed by atoms with E-state index >= 15 is 0 Å². The molecule has 0 radical (unpaired) electrons. The Balaban J connectivity index is 2.17. The van der Waals surface area contributed by atoms with Crippen molar-refractivity contribution in [3.8, 4) is 0 Å². The molecule has 1 aromatic carbocycles. The highest BCUT2D eigenvalue weighted by molar-refractivity contribution is 6.30. The minimum Gasteiger partial charge on any atom is -0.297 e. The van der Waals surface area contributed by atoms with Crippen LogP contribution >= 0.6 is 11.6 Å². The lowest BCUT2D eigenvalue weighted by Crippen LogP contribution is -2.59. The van der Waals surface area contributed by atoms with Crippen LogP contribution in [-0.4, -0.2) is 29.6 Å². The Kier molecular flexibility index (Phi) is 5.02. The van der Waals surface area contributed by atoms with Gasteiger partial charge in [0, 0.05) is 11.6 Å². The van der Waals surface area contributed by atoms with Crippen molar-refractivity contribution in [3.05, 3.63) is 34.6 Å². The van der Waals surface area contributed by atoms with Crippen molar-refractivity contribution >= 4 is 11.6 Å². The van der Waals surface area contributed by atoms with Gasteiger partial charge in [-0.05, 0) is 57.8 Å². The third-order valence-electron chi connectivity index (χ3n) is 4.43. The third-order valence-corrected chi connectivity index (χ3v) is 4.72. The van der Waals surface area contributed by atoms with Crippen LogP contribution in [0.3, 0.4) is 0 Å². The van der Waals surface area contributed by atoms with E-state index < -0.39 is 0 Å². The van der Waals surface area contributed by atoms with Gasteiger partial charge in [0.1, 0.15) is 5.82 Å². The number of hydrogen-bond acceptors (Lipinski definition) is 3. The summed E-state index contributed by atoms with van der Waals surface area (Å²) in [5.41, 5.74) is 3.34. The molecule has 112 valence electrons. The number of nitrogens with zero attached hydrogens (tertiary/aromatic N) is 1. The lowest BCUT2D eigenvalue weighted by atomic mass is 9.88. The summed E-state index contributed by atoms with van der Waals surface area (Å²) >= 11 is 5.84. The van der Waals surface area contributed by atoms with E-state index in [1.165, 1.54) is 12.8 Å². The number of hydrogen-bond donors (Lipinski definition) is 2. The van der Waals surface area contributed by atoms with Gasteiger partial charge in [0.05, 0.1) is 5.02 Å². The van der Waals surface area contributed by atoms with Crippen molar-refractivity contribution in [3.63, 3.8) is 0 Å². The first kappa shape index (κ1) is 15.7. The zero-order valence-corrected chi connectivity index (χ0v) is 12.9. The molecule has 0 aliphatic carbocycles. The van der Waals surface area contributed by atoms with Crippen LogP contribution in [0, 0.1) is 5.82 Å². The highest BCUT2D eigenvalue weighted by Crippen LogP contribution is 2.27. The number of nitrogens with two attached hydrogens (primary N) is 1. The van der Waals surface area contributed by atoms with E-state index in [2.05, 4.69) is 24.2 Å². The summed E-state index contributed by atoms with van der Waals surface area (Å²) in [7, 11) is 0. The fourth-order valence-corrected chi connectivity index (χ4v) is 3.15. The molecule has 1 unspecified atom stereocenters. The maximum atomic E-state index is 14.0. The number of halogens is 2. The summed E-state index contributed by atoms with van der Waals surface area (Å²) in [6.07, 6.45) is 2.95. The minimum absolute atomic E-state index is 0.0337. The lowest BCUT2D eigenvalue weighted by Gasteiger charge is -2.42. The molecular formula is C15H23ClFN3. The van der Waals surface area contributed by atoms with Crippen molar-refractivity contribution in [1.82, 2.24) is 10.3 Å². The van der Waals surface area contributed by atoms with Gasteiger partial charge in [-0.1, -0.05) is 23.7 Å². The van der Waals surface area contributed by atoms with Crippen LogP contribution in [0.5, 0.6) is 0 Å². The van der Waals surface area contributed by atoms with Gasteiger partial charge in [-0.3, -0.25) is 16.2 Å². The Bertz CT molecular complexity index is 458. The zero-order valence-electron chi connectivity index (χ0n) is 12.1. The van der Waals surface area contributed by atoms with Crippen LogP contribution < -0.4 is 11.3 Å². The number of likely N-dealkylation sites (tertiary alicyclic amines) is 1. The summed E-state index contributed by atoms with van der Waals surface area (Å²) < 4.78 is 14.0. The van der Waals surface area contributed by atoms with Gasteiger partial charge in [-0.15, -0.1) is 0 Å². The van der Waals surface area contributed by atoms with Crippen molar-refractivity contribution in [2.75, 3.05) is 13.1 Å². The Hall–Kier alpha value is -0.680. The van der Waals surface area contributed by atoms with Crippen LogP contribution in [0.25, 0.3) is 0 Å². The van der Waals surface area contributed by atoms with Crippen LogP contribution in [0.2, 0.25) is 5.02 Å². The first-order chi connectivity index (χ1) is 9.46. The van der Waals surface area contributed by atoms with Crippen LogP contribution in [-0.2, 0) is 6.42 Å². The summed E-state index contributed by atoms with van der Waals surface area (Å²) in [4.78, 5) is 2.42. The Morgan fingerprint density at radius 3 is 2.65 bits per heavy atom. The fraction of sp³-hybridized carbons (Fsp3) is 0.600. The predicted molar refractivity (Wildman–Crippen MR) is 81.1 cm³/mol. The molecule has 1 atom stereocenters. The van der Waals surface area contributed by atoms with E-state index in [0.29, 0.717) is 12.0 Å². The molecule has 3 N–H and O–H groups in total. The smallest absolute Gasteiger partial charge is 0.145 e. The molecule has 1 heterocycles. The summed E-state index contributed by atoms with van der Waals surface area (Å²) in [5, 5.41) is 0.164. The molecule has 0 bridgehead atoms. The average Bonchev–Trinajstić information content (AvgIpc) is 2.95. The summed E-state index contributed by atoms with van der Waals surface area (Å²) in [6, 6.07) is 5.08. The van der Waals surface area contributed by atoms with Gasteiger partial charge >= 0.3 is 0 Å². The lowest BCUT2D eigenvalue weighted by molar-refractivity contribution is 0.106. The Morgan fingerprint density at radius 2 is 2.05 bits per heavy atom. The van der Waals surface area contributed by atoms with E-state index in [9.17, 15) is 4.39 Å². The molecule has 2 rings (SSSR count). The Morgan fingerprint density at radius 1 is 1.40 bits per heavy atom. The normalized spacial score (nSPS) is 18.4. The van der Waals surface area contributed by atoms with Gasteiger partial charge in [-0.25, -0.2) is 4.39 Å². The molecule has 5 heteroatoms. The van der Waals surface area contributed by atoms with E-state index in [4.69, 9.17) is 17.4 Å². The molecule has 1 aromatic rings. The highest BCUT2D eigenvalue weighted by Gasteiger charge is 2.36. The highest BCUT2D eigenvalue weighted by atomic mass is 35.5. The fourth-order valence-electron chi connectivity index (χ4n) is 2.95. The van der Waals surface area contributed by atoms with Crippen molar-refractivity contribution in [1.29, 1.82) is 0 Å². The van der Waals surface area contributed by atoms with Crippen LogP contribution in [0.15, 0.2) is 18.2 Å². The van der Waals surface area contributed by atoms with Crippen molar-refractivity contribution in [2.45, 2.75) is 44.7 Å². The van der Waals surface area contributed by atoms with Crippen molar-refractivity contribution in [2.24, 2.45) is 5.84 Å². The van der Waals surface area contributed by atoms with E-state index in [1.54, 1.807) is 18.2 Å². The molecule has 1 aliphatic heterocycles. The molecule has 1 aliphatic rings. The van der Waals surface area contributed by atoms with Crippen LogP contribution in [0.4, 0.5) is 4.39 Å². The second kappa shape index (κ2) is 6.39. The van der Waals surface area contributed by atoms with E-state index in [-0.39, 0.29) is 22.4 Å². The van der Waals surface area contributed by atoms with E-state index in [0.717, 1.165) is 13.1 Å². The molecule has 0 saturated carbocycles. The second-order valence-electron chi connectivity index (χ2n) is 5.98. The standard InChI is InChI=1S/C15H23ClFN3/c1-15(2,20-8-3-4-9-20)13(19-18)10-11-6-5-7-12(16)14(11)17/h5-7,13,19H,3-4,8-10,18H2,1-2H3. The second-order valence-corrected chi connectivity index (χ2v) is 6.39. The van der Waals surface area contributed by atoms with Crippen LogP contribution in [0.1, 0.15) is 32.3 Å². The van der Waals surface area contributed by atoms with Gasteiger partial charge in [0.2, 0.25) is 0 Å². The molecule has 20 heavy (non-hydrogen) atoms. The zero-order chi connectivity index (χ0) is 14.8. The first-order valence-corrected chi connectivity index (χ1v) is 7.48. The summed E-state index contributed by atoms with van der Waals surface area (Å²) in [5.74, 6) is 5.39. The molecule has 0 spiro atoms. The van der Waals surface area contributed by atoms with Gasteiger partial charge < -0.3 is 0 Å². The van der Waals surface area contributed by atoms with Gasteiger partial charge in [0.15, 0.2) is 0 Å². The third kappa shape index (κ3) is 3.14. The topological polar surface area (TPSA) is 41.3 Å². The largest absolute Gasteiger partial charge is 0.297 e. The molecular weight excluding hydrogens is 277 g/mol. The average molecular weight is 300 g/mol. The summed E-state index contributed by atoms with van der Waals surface area (Å²) in [6.45, 7) is 6.46. The monoisotopic (exact) mass is 299 g/mol. The molecule has 1 saturated heterocycles. The number of nitrogens with one attached hydrogen (secondary N) is 1. The number of benzene rings is 1. The number of hydrazine groups is 1. The quantitative estimate of drug-likeness (QED) is 0.649. The van der Waals surface area contributed by atoms with E-state index in [1.807, 2.05) is 0 Å². The maximum absolute atomic E-state index is 14.0. The SMILES string of the molecule is CC(C)(C(Cc1cccc(Cl)c1F)NN)N1CCCC1. The molecule has 1 fully saturated rings. The molecule has 3 nitrogen and oxygen atoms in total. The molecule has 0 aromatic heterocycles. The number of rotatable bonds is 5. The first-order valence-electron chi connectivity index (χ1n) is 7.11.